The summed E-state index contributed by atoms with van der Waals surface area (Å²) < 4.78 is 6.13. The first kappa shape index (κ1) is 18.1. The predicted octanol–water partition coefficient (Wildman–Crippen LogP) is 4.24. The van der Waals surface area contributed by atoms with Crippen LogP contribution in [0.2, 0.25) is 0 Å². The van der Waals surface area contributed by atoms with Crippen LogP contribution in [-0.4, -0.2) is 26.5 Å². The van der Waals surface area contributed by atoms with Crippen molar-refractivity contribution in [3.63, 3.8) is 0 Å². The lowest BCUT2D eigenvalue weighted by atomic mass is 10.0. The smallest absolute Gasteiger partial charge is 0.270 e. The third kappa shape index (κ3) is 3.22. The number of benzene rings is 1. The number of rotatable bonds is 5. The molecule has 3 heterocycles. The normalized spacial score (nSPS) is 18.9. The van der Waals surface area contributed by atoms with Gasteiger partial charge in [-0.25, -0.2) is 0 Å². The zero-order valence-corrected chi connectivity index (χ0v) is 15.9. The van der Waals surface area contributed by atoms with Crippen LogP contribution in [0.25, 0.3) is 11.3 Å². The minimum atomic E-state index is -0.414. The van der Waals surface area contributed by atoms with E-state index in [1.54, 1.807) is 18.3 Å². The number of nitrogens with zero attached hydrogens (tertiary/aromatic N) is 3. The summed E-state index contributed by atoms with van der Waals surface area (Å²) in [6.07, 6.45) is 1.75. The standard InChI is InChI=1S/C20H18N4O3S/c1-2-23-19(18(22-20(23)28)15-8-3-4-11-21-15)17-10-9-16(27-17)13-6-5-7-14(12-13)24(25)26/h3-12,18-19H,2H2,1H3,(H,22,28)/t18-,19-/m1/s1. The minimum absolute atomic E-state index is 0.0284. The number of non-ortho nitro benzene ring substituents is 1. The van der Waals surface area contributed by atoms with E-state index in [9.17, 15) is 10.1 Å². The Morgan fingerprint density at radius 1 is 1.25 bits per heavy atom. The fourth-order valence-electron chi connectivity index (χ4n) is 3.49. The van der Waals surface area contributed by atoms with Gasteiger partial charge >= 0.3 is 0 Å². The highest BCUT2D eigenvalue weighted by Gasteiger charge is 2.40. The first-order valence-corrected chi connectivity index (χ1v) is 9.32. The lowest BCUT2D eigenvalue weighted by molar-refractivity contribution is -0.384. The van der Waals surface area contributed by atoms with E-state index in [2.05, 4.69) is 15.2 Å². The van der Waals surface area contributed by atoms with E-state index in [0.717, 1.165) is 11.5 Å². The molecule has 0 spiro atoms. The number of thiocarbonyl (C=S) groups is 1. The summed E-state index contributed by atoms with van der Waals surface area (Å²) in [5.41, 5.74) is 1.56. The van der Waals surface area contributed by atoms with Crippen molar-refractivity contribution in [3.05, 3.63) is 82.4 Å². The van der Waals surface area contributed by atoms with Gasteiger partial charge in [-0.05, 0) is 43.4 Å². The summed E-state index contributed by atoms with van der Waals surface area (Å²) in [4.78, 5) is 17.2. The molecule has 0 aliphatic carbocycles. The van der Waals surface area contributed by atoms with E-state index in [0.29, 0.717) is 23.0 Å². The Hall–Kier alpha value is -3.26. The molecule has 2 atom stereocenters. The summed E-state index contributed by atoms with van der Waals surface area (Å²) >= 11 is 5.51. The van der Waals surface area contributed by atoms with Crippen molar-refractivity contribution in [2.24, 2.45) is 0 Å². The molecule has 0 amide bonds. The zero-order chi connectivity index (χ0) is 19.7. The van der Waals surface area contributed by atoms with Gasteiger partial charge < -0.3 is 14.6 Å². The average molecular weight is 394 g/mol. The van der Waals surface area contributed by atoms with Crippen LogP contribution in [0.1, 0.15) is 30.5 Å². The second-order valence-electron chi connectivity index (χ2n) is 6.42. The third-order valence-electron chi connectivity index (χ3n) is 4.80. The number of pyridine rings is 1. The van der Waals surface area contributed by atoms with Crippen LogP contribution in [-0.2, 0) is 0 Å². The summed E-state index contributed by atoms with van der Waals surface area (Å²) in [5.74, 6) is 1.30. The van der Waals surface area contributed by atoms with Gasteiger partial charge in [0.05, 0.1) is 16.7 Å². The largest absolute Gasteiger partial charge is 0.459 e. The van der Waals surface area contributed by atoms with Crippen molar-refractivity contribution in [2.45, 2.75) is 19.0 Å². The Bertz CT molecular complexity index is 1020. The number of nitrogens with one attached hydrogen (secondary N) is 1. The average Bonchev–Trinajstić information content (AvgIpc) is 3.33. The monoisotopic (exact) mass is 394 g/mol. The number of likely N-dealkylation sites (N-methyl/N-ethyl adjacent to an activating group) is 1. The summed E-state index contributed by atoms with van der Waals surface area (Å²) in [7, 11) is 0. The number of hydrogen-bond donors (Lipinski definition) is 1. The van der Waals surface area contributed by atoms with Gasteiger partial charge in [-0.1, -0.05) is 18.2 Å². The summed E-state index contributed by atoms with van der Waals surface area (Å²) in [5, 5.41) is 15.0. The second kappa shape index (κ2) is 7.40. The summed E-state index contributed by atoms with van der Waals surface area (Å²) in [6, 6.07) is 15.6. The maximum atomic E-state index is 11.1. The molecule has 8 heteroatoms. The molecule has 4 rings (SSSR count). The molecule has 28 heavy (non-hydrogen) atoms. The molecule has 1 aliphatic heterocycles. The highest BCUT2D eigenvalue weighted by Crippen LogP contribution is 2.40. The van der Waals surface area contributed by atoms with Crippen molar-refractivity contribution < 1.29 is 9.34 Å². The molecule has 1 fully saturated rings. The molecule has 1 aromatic carbocycles. The first-order chi connectivity index (χ1) is 13.6. The molecular formula is C20H18N4O3S. The molecule has 3 aromatic rings. The van der Waals surface area contributed by atoms with Crippen LogP contribution < -0.4 is 5.32 Å². The van der Waals surface area contributed by atoms with Gasteiger partial charge in [-0.15, -0.1) is 0 Å². The van der Waals surface area contributed by atoms with E-state index in [1.165, 1.54) is 12.1 Å². The van der Waals surface area contributed by atoms with Gasteiger partial charge in [0.1, 0.15) is 17.6 Å². The molecule has 142 valence electrons. The molecule has 1 aliphatic rings. The number of hydrogen-bond acceptors (Lipinski definition) is 5. The Morgan fingerprint density at radius 2 is 2.11 bits per heavy atom. The van der Waals surface area contributed by atoms with Crippen molar-refractivity contribution in [2.75, 3.05) is 6.54 Å². The predicted molar refractivity (Wildman–Crippen MR) is 109 cm³/mol. The van der Waals surface area contributed by atoms with E-state index in [-0.39, 0.29) is 17.8 Å². The molecule has 0 unspecified atom stereocenters. The van der Waals surface area contributed by atoms with Gasteiger partial charge in [0, 0.05) is 30.4 Å². The quantitative estimate of drug-likeness (QED) is 0.393. The molecule has 1 N–H and O–H groups in total. The molecule has 0 radical (unpaired) electrons. The van der Waals surface area contributed by atoms with Crippen LogP contribution >= 0.6 is 12.2 Å². The van der Waals surface area contributed by atoms with Gasteiger partial charge in [-0.3, -0.25) is 15.1 Å². The minimum Gasteiger partial charge on any atom is -0.459 e. The fourth-order valence-corrected chi connectivity index (χ4v) is 3.86. The maximum Gasteiger partial charge on any atom is 0.270 e. The lowest BCUT2D eigenvalue weighted by Gasteiger charge is -2.24. The van der Waals surface area contributed by atoms with E-state index in [4.69, 9.17) is 16.6 Å². The van der Waals surface area contributed by atoms with Crippen molar-refractivity contribution >= 4 is 23.0 Å². The number of furan rings is 1. The molecule has 0 bridgehead atoms. The Kier molecular flexibility index (Phi) is 4.79. The van der Waals surface area contributed by atoms with Gasteiger partial charge in [0.15, 0.2) is 5.11 Å². The molecule has 1 saturated heterocycles. The maximum absolute atomic E-state index is 11.1. The van der Waals surface area contributed by atoms with Crippen molar-refractivity contribution in [3.8, 4) is 11.3 Å². The SMILES string of the molecule is CCN1C(=S)N[C@H](c2ccccn2)[C@H]1c1ccc(-c2cccc([N+](=O)[O-])c2)o1. The van der Waals surface area contributed by atoms with E-state index >= 15 is 0 Å². The van der Waals surface area contributed by atoms with E-state index < -0.39 is 4.92 Å². The second-order valence-corrected chi connectivity index (χ2v) is 6.81. The fraction of sp³-hybridized carbons (Fsp3) is 0.200. The molecular weight excluding hydrogens is 376 g/mol. The van der Waals surface area contributed by atoms with Crippen molar-refractivity contribution in [1.82, 2.24) is 15.2 Å². The first-order valence-electron chi connectivity index (χ1n) is 8.91. The Balaban J connectivity index is 1.72. The Labute approximate surface area is 167 Å². The molecule has 7 nitrogen and oxygen atoms in total. The van der Waals surface area contributed by atoms with Crippen LogP contribution in [0.5, 0.6) is 0 Å². The zero-order valence-electron chi connectivity index (χ0n) is 15.1. The summed E-state index contributed by atoms with van der Waals surface area (Å²) in [6.45, 7) is 2.75. The Morgan fingerprint density at radius 3 is 2.82 bits per heavy atom. The molecule has 0 saturated carbocycles. The highest BCUT2D eigenvalue weighted by atomic mass is 32.1. The van der Waals surface area contributed by atoms with Crippen LogP contribution in [0.15, 0.2) is 65.2 Å². The highest BCUT2D eigenvalue weighted by molar-refractivity contribution is 7.80. The lowest BCUT2D eigenvalue weighted by Crippen LogP contribution is -2.29. The number of aromatic nitrogens is 1. The number of nitro benzene ring substituents is 1. The topological polar surface area (TPSA) is 84.4 Å². The molecule has 2 aromatic heterocycles. The van der Waals surface area contributed by atoms with Gasteiger partial charge in [-0.2, -0.15) is 0 Å². The van der Waals surface area contributed by atoms with E-state index in [1.807, 2.05) is 37.3 Å². The van der Waals surface area contributed by atoms with Crippen LogP contribution in [0.4, 0.5) is 5.69 Å². The third-order valence-corrected chi connectivity index (χ3v) is 5.15. The van der Waals surface area contributed by atoms with Crippen LogP contribution in [0, 0.1) is 10.1 Å². The van der Waals surface area contributed by atoms with Gasteiger partial charge in [0.25, 0.3) is 5.69 Å². The number of nitro groups is 1. The van der Waals surface area contributed by atoms with Crippen LogP contribution in [0.3, 0.4) is 0 Å². The van der Waals surface area contributed by atoms with Gasteiger partial charge in [0.2, 0.25) is 0 Å². The van der Waals surface area contributed by atoms with Crippen molar-refractivity contribution in [1.29, 1.82) is 0 Å².